The first kappa shape index (κ1) is 26.8. The summed E-state index contributed by atoms with van der Waals surface area (Å²) in [6.45, 7) is 11.0. The van der Waals surface area contributed by atoms with Crippen molar-refractivity contribution in [3.05, 3.63) is 82.9 Å². The number of carbonyl (C=O) groups is 2. The van der Waals surface area contributed by atoms with Gasteiger partial charge in [-0.2, -0.15) is 0 Å². The van der Waals surface area contributed by atoms with Crippen molar-refractivity contribution in [3.8, 4) is 17.2 Å². The molecule has 0 aliphatic carbocycles. The molecule has 7 nitrogen and oxygen atoms in total. The molecule has 1 aliphatic heterocycles. The molecule has 0 bridgehead atoms. The molecule has 7 heteroatoms. The fourth-order valence-electron chi connectivity index (χ4n) is 4.07. The quantitative estimate of drug-likeness (QED) is 0.361. The van der Waals surface area contributed by atoms with Gasteiger partial charge in [0.2, 0.25) is 0 Å². The lowest BCUT2D eigenvalue weighted by Crippen LogP contribution is -2.22. The lowest BCUT2D eigenvalue weighted by atomic mass is 9.87. The maximum absolute atomic E-state index is 13.1. The average Bonchev–Trinajstić information content (AvgIpc) is 2.90. The van der Waals surface area contributed by atoms with Gasteiger partial charge in [0.15, 0.2) is 0 Å². The average molecular weight is 515 g/mol. The Hall–Kier alpha value is -4.26. The van der Waals surface area contributed by atoms with Crippen LogP contribution in [0.5, 0.6) is 17.2 Å². The van der Waals surface area contributed by atoms with E-state index in [1.807, 2.05) is 68.5 Å². The van der Waals surface area contributed by atoms with Crippen LogP contribution in [0.3, 0.4) is 0 Å². The van der Waals surface area contributed by atoms with Crippen molar-refractivity contribution in [2.45, 2.75) is 40.0 Å². The van der Waals surface area contributed by atoms with Crippen molar-refractivity contribution in [3.63, 3.8) is 0 Å². The summed E-state index contributed by atoms with van der Waals surface area (Å²) in [5, 5.41) is 5.86. The van der Waals surface area contributed by atoms with Crippen LogP contribution in [0.1, 0.15) is 56.1 Å². The van der Waals surface area contributed by atoms with Gasteiger partial charge in [0.1, 0.15) is 23.9 Å². The first-order chi connectivity index (χ1) is 18.2. The van der Waals surface area contributed by atoms with Crippen molar-refractivity contribution in [1.29, 1.82) is 0 Å². The van der Waals surface area contributed by atoms with Crippen molar-refractivity contribution in [2.24, 2.45) is 0 Å². The van der Waals surface area contributed by atoms with E-state index in [4.69, 9.17) is 14.2 Å². The number of amides is 2. The van der Waals surface area contributed by atoms with Gasteiger partial charge in [0.25, 0.3) is 11.8 Å². The number of anilines is 2. The van der Waals surface area contributed by atoms with Crippen LogP contribution < -0.4 is 24.8 Å². The number of nitrogens with one attached hydrogen (secondary N) is 2. The van der Waals surface area contributed by atoms with Gasteiger partial charge in [-0.3, -0.25) is 9.59 Å². The number of hydrogen-bond acceptors (Lipinski definition) is 5. The Morgan fingerprint density at radius 3 is 2.00 bits per heavy atom. The summed E-state index contributed by atoms with van der Waals surface area (Å²) in [6, 6.07) is 18.4. The highest BCUT2D eigenvalue weighted by molar-refractivity contribution is 6.09. The summed E-state index contributed by atoms with van der Waals surface area (Å²) < 4.78 is 17.4. The zero-order valence-electron chi connectivity index (χ0n) is 22.5. The molecule has 4 rings (SSSR count). The SMILES string of the molecule is CCOc1cc(NC(=O)c2ccc(C(C)(C)C)cc2)c(OCC)cc1NC(=O)C1=Cc2ccccc2OC1. The third kappa shape index (κ3) is 6.17. The Morgan fingerprint density at radius 1 is 0.842 bits per heavy atom. The Labute approximate surface area is 223 Å². The van der Waals surface area contributed by atoms with Gasteiger partial charge in [-0.25, -0.2) is 0 Å². The Balaban J connectivity index is 1.59. The van der Waals surface area contributed by atoms with E-state index in [1.54, 1.807) is 12.1 Å². The van der Waals surface area contributed by atoms with Gasteiger partial charge in [0.05, 0.1) is 30.2 Å². The number of benzene rings is 3. The van der Waals surface area contributed by atoms with E-state index < -0.39 is 0 Å². The lowest BCUT2D eigenvalue weighted by Gasteiger charge is -2.20. The molecule has 0 spiro atoms. The Morgan fingerprint density at radius 2 is 1.42 bits per heavy atom. The highest BCUT2D eigenvalue weighted by Crippen LogP contribution is 2.38. The third-order valence-electron chi connectivity index (χ3n) is 6.11. The standard InChI is InChI=1S/C31H34N2O5/c1-6-36-27-18-25(33-30(35)22-16-21-10-8-9-11-26(21)38-19-22)28(37-7-2)17-24(27)32-29(34)20-12-14-23(15-13-20)31(3,4)5/h8-18H,6-7,19H2,1-5H3,(H,32,34)(H,33,35). The maximum atomic E-state index is 13.1. The topological polar surface area (TPSA) is 85.9 Å². The summed E-state index contributed by atoms with van der Waals surface area (Å²) in [6.07, 6.45) is 1.82. The molecule has 2 amide bonds. The molecule has 3 aromatic rings. The van der Waals surface area contributed by atoms with Crippen LogP contribution in [-0.2, 0) is 10.2 Å². The van der Waals surface area contributed by atoms with Gasteiger partial charge in [-0.1, -0.05) is 51.1 Å². The minimum atomic E-state index is -0.307. The molecular weight excluding hydrogens is 480 g/mol. The third-order valence-corrected chi connectivity index (χ3v) is 6.11. The minimum Gasteiger partial charge on any atom is -0.492 e. The number of para-hydroxylation sites is 1. The van der Waals surface area contributed by atoms with E-state index in [0.717, 1.165) is 16.9 Å². The van der Waals surface area contributed by atoms with Crippen molar-refractivity contribution in [1.82, 2.24) is 0 Å². The number of ether oxygens (including phenoxy) is 3. The van der Waals surface area contributed by atoms with Crippen molar-refractivity contribution >= 4 is 29.3 Å². The van der Waals surface area contributed by atoms with Crippen LogP contribution in [-0.4, -0.2) is 31.6 Å². The highest BCUT2D eigenvalue weighted by atomic mass is 16.5. The summed E-state index contributed by atoms with van der Waals surface area (Å²) >= 11 is 0. The molecule has 1 aliphatic rings. The predicted octanol–water partition coefficient (Wildman–Crippen LogP) is 6.45. The van der Waals surface area contributed by atoms with Crippen molar-refractivity contribution < 1.29 is 23.8 Å². The van der Waals surface area contributed by atoms with E-state index in [2.05, 4.69) is 31.4 Å². The van der Waals surface area contributed by atoms with Gasteiger partial charge < -0.3 is 24.8 Å². The molecule has 198 valence electrons. The summed E-state index contributed by atoms with van der Waals surface area (Å²) in [7, 11) is 0. The summed E-state index contributed by atoms with van der Waals surface area (Å²) in [5.74, 6) is 1.00. The van der Waals surface area contributed by atoms with E-state index >= 15 is 0 Å². The fourth-order valence-corrected chi connectivity index (χ4v) is 4.07. The molecule has 0 unspecified atom stereocenters. The number of carbonyl (C=O) groups excluding carboxylic acids is 2. The molecule has 0 radical (unpaired) electrons. The zero-order chi connectivity index (χ0) is 27.3. The number of fused-ring (bicyclic) bond motifs is 1. The van der Waals surface area contributed by atoms with E-state index in [-0.39, 0.29) is 23.8 Å². The first-order valence-electron chi connectivity index (χ1n) is 12.8. The van der Waals surface area contributed by atoms with E-state index in [9.17, 15) is 9.59 Å². The normalized spacial score (nSPS) is 12.5. The molecule has 0 fully saturated rings. The molecule has 0 atom stereocenters. The molecular formula is C31H34N2O5. The van der Waals surface area contributed by atoms with Crippen molar-refractivity contribution in [2.75, 3.05) is 30.5 Å². The van der Waals surface area contributed by atoms with Crippen LogP contribution in [0.2, 0.25) is 0 Å². The van der Waals surface area contributed by atoms with Gasteiger partial charge in [-0.05, 0) is 49.1 Å². The van der Waals surface area contributed by atoms with Gasteiger partial charge in [-0.15, -0.1) is 0 Å². The largest absolute Gasteiger partial charge is 0.492 e. The zero-order valence-corrected chi connectivity index (χ0v) is 22.5. The molecule has 1 heterocycles. The number of rotatable bonds is 8. The smallest absolute Gasteiger partial charge is 0.255 e. The minimum absolute atomic E-state index is 0.00696. The molecule has 3 aromatic carbocycles. The van der Waals surface area contributed by atoms with Gasteiger partial charge >= 0.3 is 0 Å². The first-order valence-corrected chi connectivity index (χ1v) is 12.8. The van der Waals surface area contributed by atoms with Gasteiger partial charge in [0, 0.05) is 23.3 Å². The second kappa shape index (κ2) is 11.4. The molecule has 0 aromatic heterocycles. The monoisotopic (exact) mass is 514 g/mol. The molecule has 0 saturated carbocycles. The molecule has 38 heavy (non-hydrogen) atoms. The van der Waals surface area contributed by atoms with E-state index in [1.165, 1.54) is 0 Å². The lowest BCUT2D eigenvalue weighted by molar-refractivity contribution is -0.113. The maximum Gasteiger partial charge on any atom is 0.255 e. The van der Waals surface area contributed by atoms with E-state index in [0.29, 0.717) is 47.2 Å². The van der Waals surface area contributed by atoms with Crippen LogP contribution in [0.15, 0.2) is 66.2 Å². The Bertz CT molecular complexity index is 1350. The predicted molar refractivity (Wildman–Crippen MR) is 150 cm³/mol. The second-order valence-corrected chi connectivity index (χ2v) is 9.94. The summed E-state index contributed by atoms with van der Waals surface area (Å²) in [4.78, 5) is 26.2. The highest BCUT2D eigenvalue weighted by Gasteiger charge is 2.21. The summed E-state index contributed by atoms with van der Waals surface area (Å²) in [5.41, 5.74) is 3.88. The van der Waals surface area contributed by atoms with Crippen LogP contribution >= 0.6 is 0 Å². The van der Waals surface area contributed by atoms with Crippen LogP contribution in [0.4, 0.5) is 11.4 Å². The Kier molecular flexibility index (Phi) is 8.05. The number of hydrogen-bond donors (Lipinski definition) is 2. The molecule has 0 saturated heterocycles. The molecule has 2 N–H and O–H groups in total. The second-order valence-electron chi connectivity index (χ2n) is 9.94. The fraction of sp³-hybridized carbons (Fsp3) is 0.290. The van der Waals surface area contributed by atoms with Crippen LogP contribution in [0.25, 0.3) is 6.08 Å². The van der Waals surface area contributed by atoms with Crippen LogP contribution in [0, 0.1) is 0 Å².